The van der Waals surface area contributed by atoms with E-state index in [1.807, 2.05) is 17.8 Å². The van der Waals surface area contributed by atoms with Crippen LogP contribution in [-0.2, 0) is 12.4 Å². The number of halogens is 1. The van der Waals surface area contributed by atoms with Gasteiger partial charge in [-0.15, -0.1) is 11.6 Å². The van der Waals surface area contributed by atoms with Gasteiger partial charge in [0.05, 0.1) is 11.6 Å². The molecule has 62 valence electrons. The zero-order valence-electron chi connectivity index (χ0n) is 6.97. The highest BCUT2D eigenvalue weighted by molar-refractivity contribution is 6.17. The van der Waals surface area contributed by atoms with Crippen LogP contribution in [0, 0.1) is 6.92 Å². The molecule has 0 aliphatic heterocycles. The van der Waals surface area contributed by atoms with Gasteiger partial charge in [-0.3, -0.25) is 4.68 Å². The number of alkyl halides is 1. The first-order valence-electron chi connectivity index (χ1n) is 3.86. The smallest absolute Gasteiger partial charge is 0.0637 e. The Hall–Kier alpha value is -0.500. The summed E-state index contributed by atoms with van der Waals surface area (Å²) in [5, 5.41) is 4.30. The van der Waals surface area contributed by atoms with Crippen molar-refractivity contribution < 1.29 is 0 Å². The maximum Gasteiger partial charge on any atom is 0.0637 e. The minimum Gasteiger partial charge on any atom is -0.272 e. The van der Waals surface area contributed by atoms with E-state index < -0.39 is 0 Å². The molecule has 0 fully saturated rings. The van der Waals surface area contributed by atoms with Gasteiger partial charge in [-0.1, -0.05) is 6.92 Å². The SMILES string of the molecule is CCCn1cc(CCl)c(C)n1. The van der Waals surface area contributed by atoms with Crippen molar-refractivity contribution in [1.29, 1.82) is 0 Å². The predicted molar refractivity (Wildman–Crippen MR) is 46.8 cm³/mol. The number of hydrogen-bond donors (Lipinski definition) is 0. The second kappa shape index (κ2) is 3.77. The van der Waals surface area contributed by atoms with E-state index in [1.54, 1.807) is 0 Å². The highest BCUT2D eigenvalue weighted by Crippen LogP contribution is 2.08. The lowest BCUT2D eigenvalue weighted by Crippen LogP contribution is -1.96. The maximum absolute atomic E-state index is 5.69. The number of hydrogen-bond acceptors (Lipinski definition) is 1. The molecule has 0 aromatic carbocycles. The van der Waals surface area contributed by atoms with Crippen LogP contribution >= 0.6 is 11.6 Å². The lowest BCUT2D eigenvalue weighted by molar-refractivity contribution is 0.598. The normalized spacial score (nSPS) is 10.5. The van der Waals surface area contributed by atoms with Crippen molar-refractivity contribution in [2.75, 3.05) is 0 Å². The van der Waals surface area contributed by atoms with Crippen LogP contribution in [0.1, 0.15) is 24.6 Å². The molecule has 1 heterocycles. The molecule has 0 unspecified atom stereocenters. The van der Waals surface area contributed by atoms with Gasteiger partial charge >= 0.3 is 0 Å². The minimum atomic E-state index is 0.565. The van der Waals surface area contributed by atoms with Gasteiger partial charge in [0.2, 0.25) is 0 Å². The van der Waals surface area contributed by atoms with Gasteiger partial charge in [0, 0.05) is 18.3 Å². The Morgan fingerprint density at radius 3 is 2.82 bits per heavy atom. The highest BCUT2D eigenvalue weighted by atomic mass is 35.5. The first-order valence-corrected chi connectivity index (χ1v) is 4.40. The number of nitrogens with zero attached hydrogens (tertiary/aromatic N) is 2. The summed E-state index contributed by atoms with van der Waals surface area (Å²) in [6, 6.07) is 0. The van der Waals surface area contributed by atoms with E-state index in [-0.39, 0.29) is 0 Å². The summed E-state index contributed by atoms with van der Waals surface area (Å²) in [4.78, 5) is 0. The summed E-state index contributed by atoms with van der Waals surface area (Å²) in [6.07, 6.45) is 3.13. The van der Waals surface area contributed by atoms with Crippen molar-refractivity contribution in [2.24, 2.45) is 0 Å². The van der Waals surface area contributed by atoms with Gasteiger partial charge in [-0.05, 0) is 13.3 Å². The molecule has 1 aromatic rings. The summed E-state index contributed by atoms with van der Waals surface area (Å²) in [7, 11) is 0. The molecule has 2 nitrogen and oxygen atoms in total. The fraction of sp³-hybridized carbons (Fsp3) is 0.625. The fourth-order valence-electron chi connectivity index (χ4n) is 1.03. The quantitative estimate of drug-likeness (QED) is 0.640. The largest absolute Gasteiger partial charge is 0.272 e. The lowest BCUT2D eigenvalue weighted by Gasteiger charge is -1.93. The van der Waals surface area contributed by atoms with Crippen LogP contribution < -0.4 is 0 Å². The summed E-state index contributed by atoms with van der Waals surface area (Å²) in [6.45, 7) is 5.11. The molecular weight excluding hydrogens is 160 g/mol. The van der Waals surface area contributed by atoms with E-state index in [0.29, 0.717) is 5.88 Å². The van der Waals surface area contributed by atoms with E-state index in [1.165, 1.54) is 0 Å². The number of rotatable bonds is 3. The monoisotopic (exact) mass is 172 g/mol. The van der Waals surface area contributed by atoms with Crippen LogP contribution in [0.3, 0.4) is 0 Å². The molecule has 0 saturated carbocycles. The summed E-state index contributed by atoms with van der Waals surface area (Å²) >= 11 is 5.69. The standard InChI is InChI=1S/C8H13ClN2/c1-3-4-11-6-8(5-9)7(2)10-11/h6H,3-5H2,1-2H3. The van der Waals surface area contributed by atoms with Crippen molar-refractivity contribution in [3.8, 4) is 0 Å². The Morgan fingerprint density at radius 1 is 1.64 bits per heavy atom. The lowest BCUT2D eigenvalue weighted by atomic mass is 10.3. The third-order valence-electron chi connectivity index (χ3n) is 1.64. The predicted octanol–water partition coefficient (Wildman–Crippen LogP) is 2.34. The summed E-state index contributed by atoms with van der Waals surface area (Å²) in [5.41, 5.74) is 2.19. The van der Waals surface area contributed by atoms with Gasteiger partial charge in [0.15, 0.2) is 0 Å². The first kappa shape index (κ1) is 8.60. The molecule has 1 rings (SSSR count). The van der Waals surface area contributed by atoms with E-state index in [2.05, 4.69) is 12.0 Å². The van der Waals surface area contributed by atoms with E-state index in [0.717, 1.165) is 24.2 Å². The molecule has 3 heteroatoms. The first-order chi connectivity index (χ1) is 5.27. The van der Waals surface area contributed by atoms with Crippen molar-refractivity contribution in [3.05, 3.63) is 17.5 Å². The maximum atomic E-state index is 5.69. The molecule has 0 spiro atoms. The Bertz CT molecular complexity index is 230. The molecule has 0 N–H and O–H groups in total. The molecular formula is C8H13ClN2. The zero-order valence-corrected chi connectivity index (χ0v) is 7.73. The molecule has 0 aliphatic rings. The van der Waals surface area contributed by atoms with Gasteiger partial charge in [-0.25, -0.2) is 0 Å². The molecule has 1 aromatic heterocycles. The van der Waals surface area contributed by atoms with Crippen LogP contribution in [0.15, 0.2) is 6.20 Å². The van der Waals surface area contributed by atoms with Crippen LogP contribution in [0.5, 0.6) is 0 Å². The molecule has 0 amide bonds. The second-order valence-corrected chi connectivity index (χ2v) is 2.90. The molecule has 0 radical (unpaired) electrons. The number of aryl methyl sites for hydroxylation is 2. The van der Waals surface area contributed by atoms with Crippen LogP contribution in [0.4, 0.5) is 0 Å². The van der Waals surface area contributed by atoms with E-state index >= 15 is 0 Å². The van der Waals surface area contributed by atoms with Crippen molar-refractivity contribution >= 4 is 11.6 Å². The number of aromatic nitrogens is 2. The topological polar surface area (TPSA) is 17.8 Å². The van der Waals surface area contributed by atoms with Crippen molar-refractivity contribution in [3.63, 3.8) is 0 Å². The molecule has 0 atom stereocenters. The van der Waals surface area contributed by atoms with E-state index in [9.17, 15) is 0 Å². The van der Waals surface area contributed by atoms with Crippen molar-refractivity contribution in [1.82, 2.24) is 9.78 Å². The highest BCUT2D eigenvalue weighted by Gasteiger charge is 2.01. The molecule has 0 aliphatic carbocycles. The van der Waals surface area contributed by atoms with Crippen LogP contribution in [0.2, 0.25) is 0 Å². The average molecular weight is 173 g/mol. The third-order valence-corrected chi connectivity index (χ3v) is 1.93. The van der Waals surface area contributed by atoms with Crippen molar-refractivity contribution in [2.45, 2.75) is 32.7 Å². The Morgan fingerprint density at radius 2 is 2.36 bits per heavy atom. The zero-order chi connectivity index (χ0) is 8.27. The summed E-state index contributed by atoms with van der Waals surface area (Å²) < 4.78 is 1.95. The van der Waals surface area contributed by atoms with E-state index in [4.69, 9.17) is 11.6 Å². The minimum absolute atomic E-state index is 0.565. The Labute approximate surface area is 72.2 Å². The Kier molecular flexibility index (Phi) is 2.94. The second-order valence-electron chi connectivity index (χ2n) is 2.64. The van der Waals surface area contributed by atoms with Gasteiger partial charge < -0.3 is 0 Å². The fourth-order valence-corrected chi connectivity index (χ4v) is 1.30. The van der Waals surface area contributed by atoms with Gasteiger partial charge in [-0.2, -0.15) is 5.10 Å². The Balaban J connectivity index is 2.77. The van der Waals surface area contributed by atoms with Gasteiger partial charge in [0.1, 0.15) is 0 Å². The van der Waals surface area contributed by atoms with Gasteiger partial charge in [0.25, 0.3) is 0 Å². The van der Waals surface area contributed by atoms with Crippen LogP contribution in [-0.4, -0.2) is 9.78 Å². The average Bonchev–Trinajstić information content (AvgIpc) is 2.32. The molecule has 0 bridgehead atoms. The summed E-state index contributed by atoms with van der Waals surface area (Å²) in [5.74, 6) is 0.565. The third kappa shape index (κ3) is 1.96. The van der Waals surface area contributed by atoms with Crippen LogP contribution in [0.25, 0.3) is 0 Å². The molecule has 11 heavy (non-hydrogen) atoms. The molecule has 0 saturated heterocycles.